The van der Waals surface area contributed by atoms with Crippen molar-refractivity contribution in [3.8, 4) is 5.75 Å². The normalized spacial score (nSPS) is 10.8. The Labute approximate surface area is 195 Å². The van der Waals surface area contributed by atoms with Crippen molar-refractivity contribution in [2.75, 3.05) is 6.61 Å². The second-order valence-corrected chi connectivity index (χ2v) is 8.68. The number of hydrogen-bond acceptors (Lipinski definition) is 4. The molecule has 0 saturated carbocycles. The van der Waals surface area contributed by atoms with Crippen LogP contribution in [0, 0.1) is 0 Å². The van der Waals surface area contributed by atoms with Crippen molar-refractivity contribution in [3.05, 3.63) is 27.2 Å². The summed E-state index contributed by atoms with van der Waals surface area (Å²) in [6.07, 6.45) is 12.1. The van der Waals surface area contributed by atoms with Gasteiger partial charge in [-0.2, -0.15) is 0 Å². The van der Waals surface area contributed by atoms with E-state index in [1.807, 2.05) is 0 Å². The average Bonchev–Trinajstić information content (AvgIpc) is 2.69. The van der Waals surface area contributed by atoms with Gasteiger partial charge in [-0.25, -0.2) is 0 Å². The van der Waals surface area contributed by atoms with Crippen LogP contribution in [0.3, 0.4) is 0 Å². The van der Waals surface area contributed by atoms with Gasteiger partial charge < -0.3 is 9.47 Å². The van der Waals surface area contributed by atoms with Gasteiger partial charge in [0.2, 0.25) is 0 Å². The average molecular weight is 480 g/mol. The lowest BCUT2D eigenvalue weighted by atomic mass is 10.1. The molecule has 0 heterocycles. The Balaban J connectivity index is 1.99. The van der Waals surface area contributed by atoms with Crippen molar-refractivity contribution in [1.29, 1.82) is 0 Å². The van der Waals surface area contributed by atoms with Gasteiger partial charge in [-0.1, -0.05) is 93.1 Å². The second-order valence-electron chi connectivity index (χ2n) is 7.43. The summed E-state index contributed by atoms with van der Waals surface area (Å²) in [7, 11) is 0. The first kappa shape index (κ1) is 27.1. The van der Waals surface area contributed by atoms with E-state index in [1.165, 1.54) is 31.4 Å². The highest BCUT2D eigenvalue weighted by Crippen LogP contribution is 2.36. The van der Waals surface area contributed by atoms with E-state index in [2.05, 4.69) is 6.92 Å². The number of esters is 2. The van der Waals surface area contributed by atoms with E-state index in [0.29, 0.717) is 24.5 Å². The Morgan fingerprint density at radius 2 is 1.23 bits per heavy atom. The first-order valence-electron chi connectivity index (χ1n) is 10.9. The molecular weight excluding hydrogens is 447 g/mol. The molecule has 4 nitrogen and oxygen atoms in total. The molecule has 0 fully saturated rings. The first-order chi connectivity index (χ1) is 14.4. The molecule has 1 aromatic rings. The van der Waals surface area contributed by atoms with Gasteiger partial charge in [-0.15, -0.1) is 0 Å². The van der Waals surface area contributed by atoms with E-state index in [4.69, 9.17) is 44.3 Å². The summed E-state index contributed by atoms with van der Waals surface area (Å²) in [6.45, 7) is 2.73. The van der Waals surface area contributed by atoms with Gasteiger partial charge in [-0.3, -0.25) is 9.59 Å². The summed E-state index contributed by atoms with van der Waals surface area (Å²) in [6, 6.07) is 2.97. The molecule has 30 heavy (non-hydrogen) atoms. The van der Waals surface area contributed by atoms with E-state index in [-0.39, 0.29) is 27.7 Å². The van der Waals surface area contributed by atoms with Gasteiger partial charge >= 0.3 is 11.9 Å². The molecule has 0 radical (unpaired) electrons. The lowest BCUT2D eigenvalue weighted by molar-refractivity contribution is -0.144. The summed E-state index contributed by atoms with van der Waals surface area (Å²) < 4.78 is 10.5. The zero-order valence-corrected chi connectivity index (χ0v) is 20.1. The number of ether oxygens (including phenoxy) is 2. The van der Waals surface area contributed by atoms with Crippen LogP contribution in [0.4, 0.5) is 0 Å². The van der Waals surface area contributed by atoms with Crippen molar-refractivity contribution in [2.24, 2.45) is 0 Å². The second kappa shape index (κ2) is 16.7. The van der Waals surface area contributed by atoms with Gasteiger partial charge in [0.25, 0.3) is 0 Å². The van der Waals surface area contributed by atoms with Crippen LogP contribution < -0.4 is 4.74 Å². The molecule has 0 aliphatic rings. The monoisotopic (exact) mass is 478 g/mol. The van der Waals surface area contributed by atoms with Crippen molar-refractivity contribution in [2.45, 2.75) is 90.4 Å². The molecule has 0 spiro atoms. The molecule has 0 N–H and O–H groups in total. The van der Waals surface area contributed by atoms with Gasteiger partial charge in [0.15, 0.2) is 5.75 Å². The van der Waals surface area contributed by atoms with E-state index in [0.717, 1.165) is 51.4 Å². The highest BCUT2D eigenvalue weighted by molar-refractivity contribution is 6.40. The highest BCUT2D eigenvalue weighted by atomic mass is 35.5. The minimum atomic E-state index is -0.362. The molecule has 0 unspecified atom stereocenters. The Bertz CT molecular complexity index is 626. The van der Waals surface area contributed by atoms with Crippen LogP contribution in [-0.2, 0) is 14.3 Å². The lowest BCUT2D eigenvalue weighted by Gasteiger charge is -2.08. The fourth-order valence-electron chi connectivity index (χ4n) is 3.00. The topological polar surface area (TPSA) is 52.6 Å². The van der Waals surface area contributed by atoms with Crippen LogP contribution in [-0.4, -0.2) is 18.5 Å². The van der Waals surface area contributed by atoms with Gasteiger partial charge in [0.05, 0.1) is 16.7 Å². The molecule has 1 aromatic carbocycles. The van der Waals surface area contributed by atoms with Gasteiger partial charge in [0, 0.05) is 17.9 Å². The zero-order chi connectivity index (χ0) is 22.2. The summed E-state index contributed by atoms with van der Waals surface area (Å²) in [4.78, 5) is 23.6. The molecule has 7 heteroatoms. The van der Waals surface area contributed by atoms with Gasteiger partial charge in [-0.05, 0) is 31.4 Å². The van der Waals surface area contributed by atoms with Crippen molar-refractivity contribution < 1.29 is 19.1 Å². The predicted octanol–water partition coefficient (Wildman–Crippen LogP) is 8.19. The van der Waals surface area contributed by atoms with E-state index in [1.54, 1.807) is 0 Å². The third-order valence-corrected chi connectivity index (χ3v) is 5.48. The van der Waals surface area contributed by atoms with Crippen LogP contribution in [0.1, 0.15) is 90.4 Å². The summed E-state index contributed by atoms with van der Waals surface area (Å²) >= 11 is 17.9. The first-order valence-corrected chi connectivity index (χ1v) is 12.1. The van der Waals surface area contributed by atoms with Crippen LogP contribution in [0.2, 0.25) is 15.1 Å². The molecule has 170 valence electrons. The summed E-state index contributed by atoms with van der Waals surface area (Å²) in [5.74, 6) is -0.299. The maximum atomic E-state index is 11.9. The van der Waals surface area contributed by atoms with Crippen molar-refractivity contribution >= 4 is 46.7 Å². The van der Waals surface area contributed by atoms with Crippen LogP contribution >= 0.6 is 34.8 Å². The number of hydrogen-bond donors (Lipinski definition) is 0. The molecule has 0 bridgehead atoms. The molecule has 1 rings (SSSR count). The minimum Gasteiger partial charge on any atom is -0.466 e. The number of carbonyl (C=O) groups excluding carboxylic acids is 2. The highest BCUT2D eigenvalue weighted by Gasteiger charge is 2.13. The Morgan fingerprint density at radius 3 is 1.83 bits per heavy atom. The Hall–Kier alpha value is -0.970. The largest absolute Gasteiger partial charge is 0.466 e. The van der Waals surface area contributed by atoms with Crippen LogP contribution in [0.15, 0.2) is 12.1 Å². The Morgan fingerprint density at radius 1 is 0.733 bits per heavy atom. The smallest absolute Gasteiger partial charge is 0.311 e. The van der Waals surface area contributed by atoms with E-state index in [9.17, 15) is 9.59 Å². The zero-order valence-electron chi connectivity index (χ0n) is 17.8. The molecular formula is C23H33Cl3O4. The third-order valence-electron chi connectivity index (χ3n) is 4.70. The van der Waals surface area contributed by atoms with Crippen molar-refractivity contribution in [1.82, 2.24) is 0 Å². The molecule has 0 atom stereocenters. The maximum absolute atomic E-state index is 11.9. The van der Waals surface area contributed by atoms with E-state index < -0.39 is 0 Å². The number of benzene rings is 1. The molecule has 0 aliphatic heterocycles. The minimum absolute atomic E-state index is 0.0900. The number of halogens is 3. The lowest BCUT2D eigenvalue weighted by Crippen LogP contribution is -2.08. The van der Waals surface area contributed by atoms with Crippen molar-refractivity contribution in [3.63, 3.8) is 0 Å². The van der Waals surface area contributed by atoms with E-state index >= 15 is 0 Å². The molecule has 0 aromatic heterocycles. The quantitative estimate of drug-likeness (QED) is 0.136. The summed E-state index contributed by atoms with van der Waals surface area (Å²) in [5.41, 5.74) is 0. The standard InChI is InChI=1S/C23H33Cl3O4/c1-2-3-4-9-12-15-29-21(27)13-10-7-5-6-8-11-14-22(28)30-23-19(25)16-18(24)17-20(23)26/h16-17H,2-15H2,1H3. The maximum Gasteiger partial charge on any atom is 0.311 e. The number of rotatable bonds is 16. The van der Waals surface area contributed by atoms with Crippen LogP contribution in [0.5, 0.6) is 5.75 Å². The van der Waals surface area contributed by atoms with Crippen LogP contribution in [0.25, 0.3) is 0 Å². The number of carbonyl (C=O) groups is 2. The molecule has 0 saturated heterocycles. The summed E-state index contributed by atoms with van der Waals surface area (Å²) in [5, 5.41) is 0.826. The predicted molar refractivity (Wildman–Crippen MR) is 124 cm³/mol. The number of unbranched alkanes of at least 4 members (excludes halogenated alkanes) is 9. The third kappa shape index (κ3) is 12.7. The SMILES string of the molecule is CCCCCCCOC(=O)CCCCCCCCC(=O)Oc1c(Cl)cc(Cl)cc1Cl. The fourth-order valence-corrected chi connectivity index (χ4v) is 3.90. The molecule has 0 aliphatic carbocycles. The van der Waals surface area contributed by atoms with Gasteiger partial charge in [0.1, 0.15) is 0 Å². The molecule has 0 amide bonds. The Kier molecular flexibility index (Phi) is 15.1. The fraction of sp³-hybridized carbons (Fsp3) is 0.652.